The smallest absolute Gasteiger partial charge is 0.337 e. The molecule has 0 radical (unpaired) electrons. The maximum atomic E-state index is 11.1. The fourth-order valence-electron chi connectivity index (χ4n) is 1.87. The summed E-state index contributed by atoms with van der Waals surface area (Å²) in [4.78, 5) is 11.1. The third-order valence-electron chi connectivity index (χ3n) is 2.81. The van der Waals surface area contributed by atoms with Crippen LogP contribution in [0.2, 0.25) is 5.02 Å². The average Bonchev–Trinajstić information content (AvgIpc) is 2.84. The van der Waals surface area contributed by atoms with Crippen molar-refractivity contribution in [3.05, 3.63) is 51.6 Å². The lowest BCUT2D eigenvalue weighted by Gasteiger charge is -2.03. The Bertz CT molecular complexity index is 814. The van der Waals surface area contributed by atoms with E-state index in [-0.39, 0.29) is 10.6 Å². The van der Waals surface area contributed by atoms with Gasteiger partial charge >= 0.3 is 5.97 Å². The molecular weight excluding hydrogens is 346 g/mol. The predicted octanol–water partition coefficient (Wildman–Crippen LogP) is 3.51. The number of hydrogen-bond donors (Lipinski definition) is 1. The van der Waals surface area contributed by atoms with E-state index in [0.717, 1.165) is 10.0 Å². The maximum absolute atomic E-state index is 11.1. The summed E-state index contributed by atoms with van der Waals surface area (Å²) in [5.41, 5.74) is 1.33. The van der Waals surface area contributed by atoms with Gasteiger partial charge in [0.05, 0.1) is 10.6 Å². The number of benzene rings is 1. The minimum absolute atomic E-state index is 0.0839. The number of nitrogens with zero attached hydrogens (tertiary/aromatic N) is 3. The summed E-state index contributed by atoms with van der Waals surface area (Å²) in [6, 6.07) is 8.83. The number of carboxylic acids is 1. The molecule has 0 aliphatic heterocycles. The number of carboxylic acid groups (broad SMARTS) is 1. The molecule has 5 nitrogen and oxygen atoms in total. The summed E-state index contributed by atoms with van der Waals surface area (Å²) in [7, 11) is 0. The topological polar surface area (TPSA) is 67.5 Å². The largest absolute Gasteiger partial charge is 0.478 e. The van der Waals surface area contributed by atoms with Crippen LogP contribution in [0.25, 0.3) is 17.0 Å². The van der Waals surface area contributed by atoms with Crippen molar-refractivity contribution in [1.82, 2.24) is 14.6 Å². The van der Waals surface area contributed by atoms with E-state index >= 15 is 0 Å². The van der Waals surface area contributed by atoms with Gasteiger partial charge in [0.25, 0.3) is 0 Å². The van der Waals surface area contributed by atoms with Crippen LogP contribution >= 0.6 is 27.5 Å². The minimum atomic E-state index is -1.05. The Labute approximate surface area is 127 Å². The van der Waals surface area contributed by atoms with Gasteiger partial charge in [0.2, 0.25) is 0 Å². The van der Waals surface area contributed by atoms with Gasteiger partial charge in [0.15, 0.2) is 11.5 Å². The number of fused-ring (bicyclic) bond motifs is 1. The van der Waals surface area contributed by atoms with Crippen LogP contribution in [-0.4, -0.2) is 25.7 Å². The van der Waals surface area contributed by atoms with Crippen molar-refractivity contribution in [2.45, 2.75) is 0 Å². The number of pyridine rings is 1. The van der Waals surface area contributed by atoms with Crippen LogP contribution in [0.15, 0.2) is 41.0 Å². The van der Waals surface area contributed by atoms with Gasteiger partial charge in [-0.05, 0) is 18.2 Å². The van der Waals surface area contributed by atoms with Crippen LogP contribution in [0.4, 0.5) is 0 Å². The van der Waals surface area contributed by atoms with Crippen molar-refractivity contribution >= 4 is 39.1 Å². The molecule has 0 atom stereocenters. The Morgan fingerprint density at radius 2 is 1.95 bits per heavy atom. The SMILES string of the molecule is O=C(O)c1cc(Cl)c2nnc(-c3ccc(Br)cc3)n2c1. The quantitative estimate of drug-likeness (QED) is 0.766. The first kappa shape index (κ1) is 13.1. The van der Waals surface area contributed by atoms with Crippen LogP contribution in [0.3, 0.4) is 0 Å². The lowest BCUT2D eigenvalue weighted by molar-refractivity contribution is 0.0696. The molecule has 2 heterocycles. The lowest BCUT2D eigenvalue weighted by Crippen LogP contribution is -2.00. The number of halogens is 2. The molecule has 3 aromatic rings. The first-order chi connectivity index (χ1) is 9.56. The van der Waals surface area contributed by atoms with Crippen LogP contribution in [0.1, 0.15) is 10.4 Å². The molecular formula is C13H7BrClN3O2. The van der Waals surface area contributed by atoms with E-state index in [4.69, 9.17) is 16.7 Å². The molecule has 2 aromatic heterocycles. The van der Waals surface area contributed by atoms with E-state index < -0.39 is 5.97 Å². The van der Waals surface area contributed by atoms with Gasteiger partial charge in [-0.3, -0.25) is 4.40 Å². The second-order valence-electron chi connectivity index (χ2n) is 4.11. The molecule has 0 saturated carbocycles. The van der Waals surface area contributed by atoms with E-state index in [1.165, 1.54) is 12.3 Å². The summed E-state index contributed by atoms with van der Waals surface area (Å²) < 4.78 is 2.52. The number of aromatic nitrogens is 3. The minimum Gasteiger partial charge on any atom is -0.478 e. The standard InChI is InChI=1S/C13H7BrClN3O2/c14-9-3-1-7(2-4-9)11-16-17-12-10(15)5-8(13(19)20)6-18(11)12/h1-6H,(H,19,20). The number of carbonyl (C=O) groups is 1. The zero-order chi connectivity index (χ0) is 14.3. The highest BCUT2D eigenvalue weighted by molar-refractivity contribution is 9.10. The fourth-order valence-corrected chi connectivity index (χ4v) is 2.38. The molecule has 7 heteroatoms. The maximum Gasteiger partial charge on any atom is 0.337 e. The van der Waals surface area contributed by atoms with Gasteiger partial charge < -0.3 is 5.11 Å². The Balaban J connectivity index is 2.26. The Morgan fingerprint density at radius 1 is 1.25 bits per heavy atom. The summed E-state index contributed by atoms with van der Waals surface area (Å²) in [5, 5.41) is 17.4. The molecule has 3 rings (SSSR count). The molecule has 0 unspecified atom stereocenters. The van der Waals surface area contributed by atoms with Crippen LogP contribution in [-0.2, 0) is 0 Å². The highest BCUT2D eigenvalue weighted by Crippen LogP contribution is 2.25. The Hall–Kier alpha value is -1.92. The molecule has 0 saturated heterocycles. The highest BCUT2D eigenvalue weighted by Gasteiger charge is 2.14. The van der Waals surface area contributed by atoms with Crippen molar-refractivity contribution in [3.63, 3.8) is 0 Å². The van der Waals surface area contributed by atoms with Gasteiger partial charge in [-0.1, -0.05) is 39.7 Å². The molecule has 20 heavy (non-hydrogen) atoms. The average molecular weight is 353 g/mol. The van der Waals surface area contributed by atoms with Crippen LogP contribution in [0, 0.1) is 0 Å². The second-order valence-corrected chi connectivity index (χ2v) is 5.43. The third kappa shape index (κ3) is 2.17. The summed E-state index contributed by atoms with van der Waals surface area (Å²) in [6.45, 7) is 0. The van der Waals surface area contributed by atoms with Gasteiger partial charge in [-0.2, -0.15) is 0 Å². The molecule has 0 aliphatic rings. The van der Waals surface area contributed by atoms with E-state index in [1.807, 2.05) is 24.3 Å². The summed E-state index contributed by atoms with van der Waals surface area (Å²) in [6.07, 6.45) is 1.46. The van der Waals surface area contributed by atoms with E-state index in [2.05, 4.69) is 26.1 Å². The van der Waals surface area contributed by atoms with Crippen molar-refractivity contribution < 1.29 is 9.90 Å². The van der Waals surface area contributed by atoms with Crippen molar-refractivity contribution in [1.29, 1.82) is 0 Å². The Kier molecular flexibility index (Phi) is 3.19. The zero-order valence-corrected chi connectivity index (χ0v) is 12.3. The van der Waals surface area contributed by atoms with Crippen LogP contribution in [0.5, 0.6) is 0 Å². The monoisotopic (exact) mass is 351 g/mol. The van der Waals surface area contributed by atoms with Gasteiger partial charge in [-0.25, -0.2) is 4.79 Å². The van der Waals surface area contributed by atoms with Gasteiger partial charge in [0, 0.05) is 16.2 Å². The van der Waals surface area contributed by atoms with Crippen molar-refractivity contribution in [2.24, 2.45) is 0 Å². The number of aromatic carboxylic acids is 1. The predicted molar refractivity (Wildman–Crippen MR) is 78.1 cm³/mol. The molecule has 0 fully saturated rings. The second kappa shape index (κ2) is 4.88. The molecule has 1 aromatic carbocycles. The van der Waals surface area contributed by atoms with E-state index in [0.29, 0.717) is 11.5 Å². The third-order valence-corrected chi connectivity index (χ3v) is 3.62. The molecule has 1 N–H and O–H groups in total. The van der Waals surface area contributed by atoms with Gasteiger partial charge in [0.1, 0.15) is 0 Å². The summed E-state index contributed by atoms with van der Waals surface area (Å²) in [5.74, 6) is -0.512. The highest BCUT2D eigenvalue weighted by atomic mass is 79.9. The van der Waals surface area contributed by atoms with E-state index in [9.17, 15) is 4.79 Å². The first-order valence-corrected chi connectivity index (χ1v) is 6.77. The fraction of sp³-hybridized carbons (Fsp3) is 0. The summed E-state index contributed by atoms with van der Waals surface area (Å²) >= 11 is 9.40. The van der Waals surface area contributed by atoms with Crippen molar-refractivity contribution in [3.8, 4) is 11.4 Å². The normalized spacial score (nSPS) is 10.9. The van der Waals surface area contributed by atoms with Crippen LogP contribution < -0.4 is 0 Å². The number of hydrogen-bond acceptors (Lipinski definition) is 3. The molecule has 0 amide bonds. The molecule has 100 valence electrons. The molecule has 0 bridgehead atoms. The first-order valence-electron chi connectivity index (χ1n) is 5.60. The van der Waals surface area contributed by atoms with E-state index in [1.54, 1.807) is 4.40 Å². The molecule has 0 aliphatic carbocycles. The van der Waals surface area contributed by atoms with Crippen molar-refractivity contribution in [2.75, 3.05) is 0 Å². The molecule has 0 spiro atoms. The number of rotatable bonds is 2. The van der Waals surface area contributed by atoms with Gasteiger partial charge in [-0.15, -0.1) is 10.2 Å². The lowest BCUT2D eigenvalue weighted by atomic mass is 10.2. The Morgan fingerprint density at radius 3 is 2.60 bits per heavy atom. The zero-order valence-electron chi connectivity index (χ0n) is 9.92.